The monoisotopic (exact) mass is 820 g/mol. The van der Waals surface area contributed by atoms with Gasteiger partial charge in [0.25, 0.3) is 0 Å². The fourth-order valence-electron chi connectivity index (χ4n) is 8.21. The molecule has 7 aromatic carbocycles. The molecule has 0 aliphatic carbocycles. The summed E-state index contributed by atoms with van der Waals surface area (Å²) in [5.41, 5.74) is 17.2. The second-order valence-corrected chi connectivity index (χ2v) is 15.6. The van der Waals surface area contributed by atoms with E-state index in [1.54, 1.807) is 0 Å². The second-order valence-electron chi connectivity index (χ2n) is 15.6. The van der Waals surface area contributed by atoms with Crippen LogP contribution in [-0.4, -0.2) is 29.5 Å². The fourth-order valence-corrected chi connectivity index (χ4v) is 8.21. The third-order valence-electron chi connectivity index (χ3n) is 11.4. The molecule has 0 bridgehead atoms. The molecular weight excluding hydrogens is 781 g/mol. The van der Waals surface area contributed by atoms with Crippen molar-refractivity contribution in [1.29, 1.82) is 0 Å². The van der Waals surface area contributed by atoms with E-state index in [1.165, 1.54) is 0 Å². The van der Waals surface area contributed by atoms with Crippen LogP contribution >= 0.6 is 0 Å². The van der Waals surface area contributed by atoms with Crippen LogP contribution in [0.25, 0.3) is 101 Å². The number of hydrogen-bond acceptors (Lipinski definition) is 4. The lowest BCUT2D eigenvalue weighted by atomic mass is 9.96. The normalized spacial score (nSPS) is 11.1. The number of pyridine rings is 2. The van der Waals surface area contributed by atoms with Crippen molar-refractivity contribution in [3.63, 3.8) is 0 Å². The van der Waals surface area contributed by atoms with Gasteiger partial charge >= 0.3 is 0 Å². The van der Waals surface area contributed by atoms with Gasteiger partial charge in [-0.25, -0.2) is 19.3 Å². The average molecular weight is 821 g/mol. The highest BCUT2D eigenvalue weighted by Gasteiger charge is 2.20. The van der Waals surface area contributed by atoms with Crippen molar-refractivity contribution in [3.8, 4) is 101 Å². The summed E-state index contributed by atoms with van der Waals surface area (Å²) in [5.74, 6) is 0. The Morgan fingerprint density at radius 2 is 0.516 bits per heavy atom. The molecule has 0 radical (unpaired) electrons. The molecule has 4 heterocycles. The maximum Gasteiger partial charge on any atom is 0.0934 e. The lowest BCUT2D eigenvalue weighted by Gasteiger charge is -2.14. The van der Waals surface area contributed by atoms with Crippen LogP contribution < -0.4 is 0 Å². The summed E-state index contributed by atoms with van der Waals surface area (Å²) in [5, 5.41) is 10.3. The molecule has 302 valence electrons. The number of aromatic nitrogens is 6. The van der Waals surface area contributed by atoms with Crippen LogP contribution in [0.3, 0.4) is 0 Å². The van der Waals surface area contributed by atoms with Crippen molar-refractivity contribution in [1.82, 2.24) is 29.5 Å². The Bertz CT molecular complexity index is 3120. The first kappa shape index (κ1) is 38.2. The molecule has 64 heavy (non-hydrogen) atoms. The molecule has 11 rings (SSSR count). The molecule has 0 fully saturated rings. The summed E-state index contributed by atoms with van der Waals surface area (Å²) < 4.78 is 4.01. The van der Waals surface area contributed by atoms with E-state index >= 15 is 0 Å². The highest BCUT2D eigenvalue weighted by atomic mass is 15.3. The lowest BCUT2D eigenvalue weighted by molar-refractivity contribution is 0.888. The van der Waals surface area contributed by atoms with Gasteiger partial charge in [-0.1, -0.05) is 176 Å². The maximum absolute atomic E-state index is 5.34. The predicted octanol–water partition coefficient (Wildman–Crippen LogP) is 14.2. The molecule has 0 saturated heterocycles. The molecule has 0 aliphatic heterocycles. The van der Waals surface area contributed by atoms with Gasteiger partial charge in [-0.3, -0.25) is 0 Å². The number of rotatable bonds is 10. The maximum atomic E-state index is 5.34. The Labute approximate surface area is 372 Å². The van der Waals surface area contributed by atoms with Gasteiger partial charge in [0, 0.05) is 22.3 Å². The van der Waals surface area contributed by atoms with Crippen LogP contribution in [0.4, 0.5) is 0 Å². The highest BCUT2D eigenvalue weighted by Crippen LogP contribution is 2.37. The second kappa shape index (κ2) is 17.0. The molecule has 0 aliphatic rings. The number of para-hydroxylation sites is 2. The van der Waals surface area contributed by atoms with E-state index < -0.39 is 0 Å². The van der Waals surface area contributed by atoms with Gasteiger partial charge in [0.15, 0.2) is 0 Å². The van der Waals surface area contributed by atoms with Crippen LogP contribution in [0.5, 0.6) is 0 Å². The van der Waals surface area contributed by atoms with Crippen molar-refractivity contribution in [2.24, 2.45) is 0 Å². The van der Waals surface area contributed by atoms with E-state index in [9.17, 15) is 0 Å². The molecule has 0 N–H and O–H groups in total. The van der Waals surface area contributed by atoms with E-state index in [1.807, 2.05) is 94.3 Å². The summed E-state index contributed by atoms with van der Waals surface area (Å²) in [4.78, 5) is 10.7. The van der Waals surface area contributed by atoms with Crippen molar-refractivity contribution in [3.05, 3.63) is 243 Å². The van der Waals surface area contributed by atoms with E-state index in [2.05, 4.69) is 158 Å². The van der Waals surface area contributed by atoms with Gasteiger partial charge in [0.1, 0.15) is 0 Å². The Hall–Kier alpha value is -8.74. The van der Waals surface area contributed by atoms with Crippen molar-refractivity contribution in [2.45, 2.75) is 0 Å². The Morgan fingerprint density at radius 3 is 0.875 bits per heavy atom. The van der Waals surface area contributed by atoms with Crippen molar-refractivity contribution >= 4 is 0 Å². The number of hydrogen-bond donors (Lipinski definition) is 0. The summed E-state index contributed by atoms with van der Waals surface area (Å²) in [7, 11) is 0. The van der Waals surface area contributed by atoms with Crippen LogP contribution in [0.2, 0.25) is 0 Å². The van der Waals surface area contributed by atoms with Crippen LogP contribution in [0, 0.1) is 0 Å². The van der Waals surface area contributed by atoms with Gasteiger partial charge < -0.3 is 0 Å². The fraction of sp³-hybridized carbons (Fsp3) is 0. The van der Waals surface area contributed by atoms with E-state index in [4.69, 9.17) is 20.2 Å². The first-order valence-corrected chi connectivity index (χ1v) is 21.4. The first-order valence-electron chi connectivity index (χ1n) is 21.4. The topological polar surface area (TPSA) is 61.4 Å². The number of benzene rings is 7. The van der Waals surface area contributed by atoms with Crippen LogP contribution in [0.15, 0.2) is 243 Å². The Morgan fingerprint density at radius 1 is 0.219 bits per heavy atom. The molecule has 0 amide bonds. The zero-order valence-corrected chi connectivity index (χ0v) is 34.8. The standard InChI is InChI=1S/C58H40N6/c1-7-20-41(21-8-1)51-35-47(37-55(59-51)57-39-53(43-24-11-3-12-25-43)61-63(57)49-30-15-5-16-31-49)45-28-19-29-46(34-45)48-36-52(42-22-9-2-10-23-42)60-56(38-48)58-40-54(44-26-13-4-14-27-44)62-64(58)50-32-17-6-18-33-50/h1-40H. The summed E-state index contributed by atoms with van der Waals surface area (Å²) >= 11 is 0. The van der Waals surface area contributed by atoms with Crippen molar-refractivity contribution < 1.29 is 0 Å². The molecule has 0 saturated carbocycles. The minimum absolute atomic E-state index is 0.821. The van der Waals surface area contributed by atoms with E-state index in [0.717, 1.165) is 101 Å². The predicted molar refractivity (Wildman–Crippen MR) is 260 cm³/mol. The zero-order valence-electron chi connectivity index (χ0n) is 34.8. The molecule has 6 heteroatoms. The smallest absolute Gasteiger partial charge is 0.0934 e. The minimum atomic E-state index is 0.821. The lowest BCUT2D eigenvalue weighted by Crippen LogP contribution is -2.01. The third-order valence-corrected chi connectivity index (χ3v) is 11.4. The molecule has 0 spiro atoms. The van der Waals surface area contributed by atoms with Gasteiger partial charge in [-0.15, -0.1) is 0 Å². The van der Waals surface area contributed by atoms with Gasteiger partial charge in [0.05, 0.1) is 56.9 Å². The average Bonchev–Trinajstić information content (AvgIpc) is 4.05. The quantitative estimate of drug-likeness (QED) is 0.138. The Balaban J connectivity index is 1.08. The molecule has 6 nitrogen and oxygen atoms in total. The van der Waals surface area contributed by atoms with E-state index in [-0.39, 0.29) is 0 Å². The summed E-state index contributed by atoms with van der Waals surface area (Å²) in [6.07, 6.45) is 0. The van der Waals surface area contributed by atoms with Crippen LogP contribution in [0.1, 0.15) is 0 Å². The SMILES string of the molecule is c1ccc(-c2cc(-c3cccc(-c4cc(-c5ccccc5)nc(-c5cc(-c6ccccc6)nn5-c5ccccc5)c4)c3)cc(-c3cc(-c4ccccc4)nn3-c3ccccc3)n2)cc1. The van der Waals surface area contributed by atoms with Crippen LogP contribution in [-0.2, 0) is 0 Å². The third kappa shape index (κ3) is 7.72. The van der Waals surface area contributed by atoms with Crippen molar-refractivity contribution in [2.75, 3.05) is 0 Å². The summed E-state index contributed by atoms with van der Waals surface area (Å²) in [6, 6.07) is 83.7. The first-order chi connectivity index (χ1) is 31.7. The minimum Gasteiger partial charge on any atom is -0.246 e. The zero-order chi connectivity index (χ0) is 42.7. The van der Waals surface area contributed by atoms with Gasteiger partial charge in [-0.05, 0) is 89.0 Å². The summed E-state index contributed by atoms with van der Waals surface area (Å²) in [6.45, 7) is 0. The largest absolute Gasteiger partial charge is 0.246 e. The molecule has 4 aromatic heterocycles. The van der Waals surface area contributed by atoms with E-state index in [0.29, 0.717) is 0 Å². The van der Waals surface area contributed by atoms with Gasteiger partial charge in [-0.2, -0.15) is 10.2 Å². The van der Waals surface area contributed by atoms with Gasteiger partial charge in [0.2, 0.25) is 0 Å². The number of nitrogens with zero attached hydrogens (tertiary/aromatic N) is 6. The molecule has 0 unspecified atom stereocenters. The molecular formula is C58H40N6. The molecule has 0 atom stereocenters. The molecule has 11 aromatic rings. The Kier molecular flexibility index (Phi) is 10.1. The highest BCUT2D eigenvalue weighted by molar-refractivity contribution is 5.83.